The topological polar surface area (TPSA) is 74.7 Å². The minimum Gasteiger partial charge on any atom is -0.508 e. The van der Waals surface area contributed by atoms with Crippen molar-refractivity contribution < 1.29 is 19.0 Å². The fraction of sp³-hybridized carbons (Fsp3) is 0.158. The number of halogens is 1. The van der Waals surface area contributed by atoms with Crippen molar-refractivity contribution in [1.29, 1.82) is 0 Å². The third-order valence-electron chi connectivity index (χ3n) is 4.15. The summed E-state index contributed by atoms with van der Waals surface area (Å²) in [5.41, 5.74) is 1.72. The maximum Gasteiger partial charge on any atom is 0.328 e. The lowest BCUT2D eigenvalue weighted by Crippen LogP contribution is -2.38. The molecule has 2 heterocycles. The minimum atomic E-state index is -0.391. The molecule has 2 amide bonds. The predicted octanol–water partition coefficient (Wildman–Crippen LogP) is 4.76. The van der Waals surface area contributed by atoms with E-state index in [1.807, 2.05) is 6.07 Å². The number of nitrogens with one attached hydrogen (secondary N) is 1. The fourth-order valence-electron chi connectivity index (χ4n) is 2.94. The Bertz CT molecular complexity index is 992. The summed E-state index contributed by atoms with van der Waals surface area (Å²) in [6.07, 6.45) is 3.18. The zero-order valence-electron chi connectivity index (χ0n) is 14.2. The Labute approximate surface area is 158 Å². The van der Waals surface area contributed by atoms with Crippen LogP contribution in [0.2, 0.25) is 0 Å². The lowest BCUT2D eigenvalue weighted by molar-refractivity contribution is 0.256. The second kappa shape index (κ2) is 7.24. The van der Waals surface area contributed by atoms with Crippen LogP contribution in [0.3, 0.4) is 0 Å². The Hall–Kier alpha value is -3.13. The molecule has 27 heavy (non-hydrogen) atoms. The molecular formula is C19H16FN3O3S. The molecule has 2 N–H and O–H groups in total. The van der Waals surface area contributed by atoms with Gasteiger partial charge in [0.2, 0.25) is 5.06 Å². The third-order valence-corrected chi connectivity index (χ3v) is 4.94. The van der Waals surface area contributed by atoms with Crippen molar-refractivity contribution in [3.63, 3.8) is 0 Å². The van der Waals surface area contributed by atoms with Crippen LogP contribution in [0.4, 0.5) is 20.0 Å². The number of fused-ring (bicyclic) bond motifs is 1. The number of rotatable bonds is 3. The maximum absolute atomic E-state index is 13.2. The van der Waals surface area contributed by atoms with E-state index in [-0.39, 0.29) is 11.8 Å². The molecule has 0 radical (unpaired) electrons. The lowest BCUT2D eigenvalue weighted by atomic mass is 10.0. The molecule has 1 aromatic heterocycles. The van der Waals surface area contributed by atoms with Gasteiger partial charge in [-0.2, -0.15) is 0 Å². The van der Waals surface area contributed by atoms with E-state index in [1.54, 1.807) is 29.2 Å². The highest BCUT2D eigenvalue weighted by Crippen LogP contribution is 2.33. The van der Waals surface area contributed by atoms with Crippen LogP contribution in [0, 0.1) is 5.82 Å². The summed E-state index contributed by atoms with van der Waals surface area (Å²) in [6, 6.07) is 10.5. The van der Waals surface area contributed by atoms with Gasteiger partial charge in [-0.1, -0.05) is 23.5 Å². The van der Waals surface area contributed by atoms with Crippen LogP contribution in [0.1, 0.15) is 12.0 Å². The van der Waals surface area contributed by atoms with Crippen LogP contribution in [0.15, 0.2) is 48.7 Å². The fourth-order valence-corrected chi connectivity index (χ4v) is 3.62. The molecule has 3 aromatic rings. The molecule has 0 unspecified atom stereocenters. The smallest absolute Gasteiger partial charge is 0.328 e. The molecule has 1 aliphatic rings. The number of hydrogen-bond acceptors (Lipinski definition) is 5. The molecular weight excluding hydrogens is 369 g/mol. The molecule has 0 spiro atoms. The van der Waals surface area contributed by atoms with Gasteiger partial charge in [-0.15, -0.1) is 0 Å². The molecule has 0 saturated carbocycles. The average Bonchev–Trinajstić information content (AvgIpc) is 3.07. The van der Waals surface area contributed by atoms with Crippen molar-refractivity contribution in [2.24, 2.45) is 0 Å². The van der Waals surface area contributed by atoms with Crippen molar-refractivity contribution in [3.8, 4) is 16.6 Å². The summed E-state index contributed by atoms with van der Waals surface area (Å²) in [5.74, 6) is 0.0861. The van der Waals surface area contributed by atoms with Gasteiger partial charge < -0.3 is 9.84 Å². The van der Waals surface area contributed by atoms with Crippen LogP contribution < -0.4 is 15.0 Å². The number of amides is 2. The van der Waals surface area contributed by atoms with Crippen molar-refractivity contribution >= 4 is 28.2 Å². The van der Waals surface area contributed by atoms with Crippen molar-refractivity contribution in [2.45, 2.75) is 12.8 Å². The number of carbonyl (C=O) groups is 1. The van der Waals surface area contributed by atoms with Gasteiger partial charge in [0.1, 0.15) is 17.3 Å². The van der Waals surface area contributed by atoms with Crippen LogP contribution >= 0.6 is 11.3 Å². The van der Waals surface area contributed by atoms with Crippen molar-refractivity contribution in [2.75, 3.05) is 16.8 Å². The number of anilines is 2. The monoisotopic (exact) mass is 385 g/mol. The number of phenolic OH excluding ortho intramolecular Hbond substituents is 1. The Morgan fingerprint density at radius 3 is 3.04 bits per heavy atom. The molecule has 0 atom stereocenters. The van der Waals surface area contributed by atoms with E-state index in [0.717, 1.165) is 29.7 Å². The number of urea groups is 1. The van der Waals surface area contributed by atoms with Crippen LogP contribution in [0.25, 0.3) is 0 Å². The molecule has 1 aliphatic heterocycles. The highest BCUT2D eigenvalue weighted by molar-refractivity contribution is 7.17. The molecule has 2 aromatic carbocycles. The van der Waals surface area contributed by atoms with E-state index in [4.69, 9.17) is 4.74 Å². The van der Waals surface area contributed by atoms with E-state index in [2.05, 4.69) is 10.3 Å². The second-order valence-electron chi connectivity index (χ2n) is 6.04. The number of phenols is 1. The standard InChI is InChI=1S/C19H16FN3O3S/c20-13-4-1-5-15(9-13)26-17-11-21-18(27-17)22-19(25)23-8-2-3-12-6-7-14(24)10-16(12)23/h1,4-7,9-11,24H,2-3,8H2,(H,21,22,25). The molecule has 4 rings (SSSR count). The van der Waals surface area contributed by atoms with Gasteiger partial charge in [-0.05, 0) is 36.6 Å². The first kappa shape index (κ1) is 17.3. The van der Waals surface area contributed by atoms with Gasteiger partial charge in [0, 0.05) is 18.7 Å². The number of aromatic nitrogens is 1. The molecule has 0 fully saturated rings. The number of nitrogens with zero attached hydrogens (tertiary/aromatic N) is 2. The van der Waals surface area contributed by atoms with Crippen LogP contribution in [0.5, 0.6) is 16.6 Å². The first-order chi connectivity index (χ1) is 13.1. The Kier molecular flexibility index (Phi) is 4.64. The number of aryl methyl sites for hydroxylation is 1. The zero-order chi connectivity index (χ0) is 18.8. The first-order valence-corrected chi connectivity index (χ1v) is 9.20. The van der Waals surface area contributed by atoms with E-state index in [9.17, 15) is 14.3 Å². The first-order valence-electron chi connectivity index (χ1n) is 8.38. The summed E-state index contributed by atoms with van der Waals surface area (Å²) in [4.78, 5) is 18.4. The number of ether oxygens (including phenoxy) is 1. The zero-order valence-corrected chi connectivity index (χ0v) is 15.0. The van der Waals surface area contributed by atoms with Crippen molar-refractivity contribution in [3.05, 3.63) is 60.0 Å². The second-order valence-corrected chi connectivity index (χ2v) is 7.04. The molecule has 8 heteroatoms. The highest BCUT2D eigenvalue weighted by Gasteiger charge is 2.23. The largest absolute Gasteiger partial charge is 0.508 e. The summed E-state index contributed by atoms with van der Waals surface area (Å²) < 4.78 is 18.8. The Morgan fingerprint density at radius 2 is 2.19 bits per heavy atom. The molecule has 0 bridgehead atoms. The lowest BCUT2D eigenvalue weighted by Gasteiger charge is -2.29. The van der Waals surface area contributed by atoms with Gasteiger partial charge in [0.25, 0.3) is 0 Å². The van der Waals surface area contributed by atoms with Crippen LogP contribution in [-0.4, -0.2) is 22.7 Å². The Morgan fingerprint density at radius 1 is 1.30 bits per heavy atom. The normalized spacial score (nSPS) is 13.1. The number of aromatic hydroxyl groups is 1. The van der Waals surface area contributed by atoms with E-state index in [1.165, 1.54) is 18.3 Å². The maximum atomic E-state index is 13.2. The predicted molar refractivity (Wildman–Crippen MR) is 101 cm³/mol. The number of hydrogen-bond donors (Lipinski definition) is 2. The minimum absolute atomic E-state index is 0.119. The van der Waals surface area contributed by atoms with Gasteiger partial charge >= 0.3 is 6.03 Å². The van der Waals surface area contributed by atoms with Gasteiger partial charge in [0.05, 0.1) is 11.9 Å². The summed E-state index contributed by atoms with van der Waals surface area (Å²) in [5, 5.41) is 13.3. The average molecular weight is 385 g/mol. The SMILES string of the molecule is O=C(Nc1ncc(Oc2cccc(F)c2)s1)N1CCCc2ccc(O)cc21. The molecule has 138 valence electrons. The van der Waals surface area contributed by atoms with Crippen LogP contribution in [-0.2, 0) is 6.42 Å². The molecule has 0 saturated heterocycles. The molecule has 6 nitrogen and oxygen atoms in total. The number of thiazole rings is 1. The third kappa shape index (κ3) is 3.85. The summed E-state index contributed by atoms with van der Waals surface area (Å²) in [7, 11) is 0. The Balaban J connectivity index is 1.47. The quantitative estimate of drug-likeness (QED) is 0.681. The van der Waals surface area contributed by atoms with Gasteiger partial charge in [0.15, 0.2) is 5.13 Å². The van der Waals surface area contributed by atoms with Gasteiger partial charge in [-0.25, -0.2) is 14.2 Å². The highest BCUT2D eigenvalue weighted by atomic mass is 32.1. The van der Waals surface area contributed by atoms with Crippen molar-refractivity contribution in [1.82, 2.24) is 4.98 Å². The molecule has 0 aliphatic carbocycles. The summed E-state index contributed by atoms with van der Waals surface area (Å²) >= 11 is 1.15. The van der Waals surface area contributed by atoms with E-state index in [0.29, 0.717) is 28.2 Å². The van der Waals surface area contributed by atoms with E-state index < -0.39 is 5.82 Å². The summed E-state index contributed by atoms with van der Waals surface area (Å²) in [6.45, 7) is 0.556. The number of benzene rings is 2. The van der Waals surface area contributed by atoms with E-state index >= 15 is 0 Å². The van der Waals surface area contributed by atoms with Gasteiger partial charge in [-0.3, -0.25) is 10.2 Å². The number of carbonyl (C=O) groups excluding carboxylic acids is 1.